The van der Waals surface area contributed by atoms with Gasteiger partial charge in [0.05, 0.1) is 12.7 Å². The van der Waals surface area contributed by atoms with E-state index in [1.807, 2.05) is 29.3 Å². The van der Waals surface area contributed by atoms with Gasteiger partial charge in [-0.2, -0.15) is 4.98 Å². The molecule has 1 N–H and O–H groups in total. The Morgan fingerprint density at radius 2 is 2.25 bits per heavy atom. The Morgan fingerprint density at radius 1 is 1.40 bits per heavy atom. The molecule has 0 radical (unpaired) electrons. The summed E-state index contributed by atoms with van der Waals surface area (Å²) >= 11 is 1.66. The van der Waals surface area contributed by atoms with E-state index < -0.39 is 0 Å². The lowest BCUT2D eigenvalue weighted by Gasteiger charge is -2.22. The molecule has 2 heterocycles. The van der Waals surface area contributed by atoms with Gasteiger partial charge in [0.2, 0.25) is 5.95 Å². The van der Waals surface area contributed by atoms with Crippen molar-refractivity contribution in [2.45, 2.75) is 26.8 Å². The van der Waals surface area contributed by atoms with Gasteiger partial charge in [0.1, 0.15) is 0 Å². The van der Waals surface area contributed by atoms with E-state index in [2.05, 4.69) is 22.2 Å². The molecule has 0 aliphatic carbocycles. The van der Waals surface area contributed by atoms with E-state index in [0.717, 1.165) is 13.0 Å². The zero-order chi connectivity index (χ0) is 14.4. The summed E-state index contributed by atoms with van der Waals surface area (Å²) in [5, 5.41) is 5.11. The van der Waals surface area contributed by atoms with Crippen molar-refractivity contribution >= 4 is 23.1 Å². The third-order valence-corrected chi connectivity index (χ3v) is 3.73. The van der Waals surface area contributed by atoms with Crippen LogP contribution in [0.5, 0.6) is 0 Å². The van der Waals surface area contributed by atoms with Crippen LogP contribution < -0.4 is 10.2 Å². The van der Waals surface area contributed by atoms with E-state index in [1.165, 1.54) is 11.1 Å². The predicted molar refractivity (Wildman–Crippen MR) is 81.8 cm³/mol. The molecular weight excluding hydrogens is 275 g/mol. The van der Waals surface area contributed by atoms with Crippen molar-refractivity contribution in [2.75, 3.05) is 23.3 Å². The van der Waals surface area contributed by atoms with Crippen LogP contribution in [-0.4, -0.2) is 23.1 Å². The molecule has 6 heteroatoms. The maximum absolute atomic E-state index is 14.0. The molecule has 0 atom stereocenters. The predicted octanol–water partition coefficient (Wildman–Crippen LogP) is 3.53. The highest BCUT2D eigenvalue weighted by molar-refractivity contribution is 7.09. The van der Waals surface area contributed by atoms with Gasteiger partial charge in [-0.3, -0.25) is 0 Å². The van der Waals surface area contributed by atoms with Gasteiger partial charge in [-0.05, 0) is 24.8 Å². The van der Waals surface area contributed by atoms with Crippen molar-refractivity contribution in [3.8, 4) is 0 Å². The number of thiophene rings is 1. The zero-order valence-electron chi connectivity index (χ0n) is 11.8. The van der Waals surface area contributed by atoms with E-state index in [1.54, 1.807) is 11.3 Å². The Balaban J connectivity index is 2.19. The average molecular weight is 294 g/mol. The summed E-state index contributed by atoms with van der Waals surface area (Å²) in [6.07, 6.45) is 2.21. The number of anilines is 2. The van der Waals surface area contributed by atoms with Gasteiger partial charge < -0.3 is 10.2 Å². The SMILES string of the molecule is CCCNc1ncc(F)c(N(CC)Cc2cccs2)n1. The lowest BCUT2D eigenvalue weighted by Crippen LogP contribution is -2.24. The van der Waals surface area contributed by atoms with Gasteiger partial charge in [0.15, 0.2) is 11.6 Å². The maximum Gasteiger partial charge on any atom is 0.224 e. The molecule has 0 unspecified atom stereocenters. The highest BCUT2D eigenvalue weighted by Crippen LogP contribution is 2.21. The zero-order valence-corrected chi connectivity index (χ0v) is 12.6. The van der Waals surface area contributed by atoms with E-state index >= 15 is 0 Å². The van der Waals surface area contributed by atoms with Gasteiger partial charge in [-0.25, -0.2) is 9.37 Å². The number of nitrogens with one attached hydrogen (secondary N) is 1. The fourth-order valence-electron chi connectivity index (χ4n) is 1.83. The van der Waals surface area contributed by atoms with Crippen molar-refractivity contribution in [1.29, 1.82) is 0 Å². The molecule has 0 aliphatic heterocycles. The molecule has 0 saturated heterocycles. The van der Waals surface area contributed by atoms with Crippen LogP contribution in [0.15, 0.2) is 23.7 Å². The summed E-state index contributed by atoms with van der Waals surface area (Å²) in [5.74, 6) is 0.452. The highest BCUT2D eigenvalue weighted by atomic mass is 32.1. The number of rotatable bonds is 7. The minimum absolute atomic E-state index is 0.356. The second-order valence-corrected chi connectivity index (χ2v) is 5.42. The third-order valence-electron chi connectivity index (χ3n) is 2.87. The van der Waals surface area contributed by atoms with Gasteiger partial charge in [0, 0.05) is 18.0 Å². The van der Waals surface area contributed by atoms with Gasteiger partial charge >= 0.3 is 0 Å². The molecule has 2 aromatic heterocycles. The minimum atomic E-state index is -0.384. The Kier molecular flexibility index (Phi) is 5.29. The van der Waals surface area contributed by atoms with Crippen LogP contribution in [0.2, 0.25) is 0 Å². The number of hydrogen-bond donors (Lipinski definition) is 1. The van der Waals surface area contributed by atoms with Crippen molar-refractivity contribution in [3.05, 3.63) is 34.4 Å². The first-order valence-electron chi connectivity index (χ1n) is 6.78. The van der Waals surface area contributed by atoms with Crippen LogP contribution in [0, 0.1) is 5.82 Å². The highest BCUT2D eigenvalue weighted by Gasteiger charge is 2.14. The number of aromatic nitrogens is 2. The monoisotopic (exact) mass is 294 g/mol. The fourth-order valence-corrected chi connectivity index (χ4v) is 2.55. The molecule has 0 amide bonds. The third kappa shape index (κ3) is 3.66. The summed E-state index contributed by atoms with van der Waals surface area (Å²) in [6.45, 7) is 6.19. The topological polar surface area (TPSA) is 41.1 Å². The lowest BCUT2D eigenvalue weighted by atomic mass is 10.4. The molecule has 0 spiro atoms. The van der Waals surface area contributed by atoms with Crippen LogP contribution in [0.3, 0.4) is 0 Å². The van der Waals surface area contributed by atoms with Gasteiger partial charge in [-0.15, -0.1) is 11.3 Å². The van der Waals surface area contributed by atoms with Crippen molar-refractivity contribution < 1.29 is 4.39 Å². The van der Waals surface area contributed by atoms with Crippen molar-refractivity contribution in [1.82, 2.24) is 9.97 Å². The summed E-state index contributed by atoms with van der Waals surface area (Å²) in [4.78, 5) is 11.4. The first-order valence-corrected chi connectivity index (χ1v) is 7.66. The fraction of sp³-hybridized carbons (Fsp3) is 0.429. The molecule has 0 aromatic carbocycles. The molecule has 0 fully saturated rings. The summed E-state index contributed by atoms with van der Waals surface area (Å²) < 4.78 is 14.0. The second-order valence-electron chi connectivity index (χ2n) is 4.39. The summed E-state index contributed by atoms with van der Waals surface area (Å²) in [6, 6.07) is 4.04. The Morgan fingerprint density at radius 3 is 2.90 bits per heavy atom. The molecule has 2 rings (SSSR count). The molecule has 0 aliphatic rings. The van der Waals surface area contributed by atoms with Crippen LogP contribution in [0.1, 0.15) is 25.1 Å². The Labute approximate surface area is 122 Å². The number of nitrogens with zero attached hydrogens (tertiary/aromatic N) is 3. The van der Waals surface area contributed by atoms with E-state index in [9.17, 15) is 4.39 Å². The van der Waals surface area contributed by atoms with Crippen molar-refractivity contribution in [3.63, 3.8) is 0 Å². The molecule has 4 nitrogen and oxygen atoms in total. The summed E-state index contributed by atoms with van der Waals surface area (Å²) in [7, 11) is 0. The van der Waals surface area contributed by atoms with Crippen LogP contribution >= 0.6 is 11.3 Å². The maximum atomic E-state index is 14.0. The number of halogens is 1. The van der Waals surface area contributed by atoms with Gasteiger partial charge in [-0.1, -0.05) is 13.0 Å². The summed E-state index contributed by atoms with van der Waals surface area (Å²) in [5.41, 5.74) is 0. The molecular formula is C14H19FN4S. The van der Waals surface area contributed by atoms with E-state index in [-0.39, 0.29) is 5.82 Å². The van der Waals surface area contributed by atoms with Crippen LogP contribution in [0.4, 0.5) is 16.2 Å². The smallest absolute Gasteiger partial charge is 0.224 e. The minimum Gasteiger partial charge on any atom is -0.354 e. The number of hydrogen-bond acceptors (Lipinski definition) is 5. The van der Waals surface area contributed by atoms with Crippen molar-refractivity contribution in [2.24, 2.45) is 0 Å². The largest absolute Gasteiger partial charge is 0.354 e. The normalized spacial score (nSPS) is 10.6. The van der Waals surface area contributed by atoms with E-state index in [4.69, 9.17) is 0 Å². The van der Waals surface area contributed by atoms with Crippen LogP contribution in [-0.2, 0) is 6.54 Å². The molecule has 0 saturated carbocycles. The van der Waals surface area contributed by atoms with Gasteiger partial charge in [0.25, 0.3) is 0 Å². The molecule has 2 aromatic rings. The standard InChI is InChI=1S/C14H19FN4S/c1-3-7-16-14-17-9-12(15)13(18-14)19(4-2)10-11-6-5-8-20-11/h5-6,8-9H,3-4,7,10H2,1-2H3,(H,16,17,18). The first-order chi connectivity index (χ1) is 9.74. The molecule has 0 bridgehead atoms. The second kappa shape index (κ2) is 7.19. The Bertz CT molecular complexity index is 530. The van der Waals surface area contributed by atoms with Crippen LogP contribution in [0.25, 0.3) is 0 Å². The van der Waals surface area contributed by atoms with E-state index in [0.29, 0.717) is 24.9 Å². The quantitative estimate of drug-likeness (QED) is 0.848. The first kappa shape index (κ1) is 14.7. The molecule has 108 valence electrons. The average Bonchev–Trinajstić information content (AvgIpc) is 2.97. The molecule has 20 heavy (non-hydrogen) atoms. The Hall–Kier alpha value is -1.69. The lowest BCUT2D eigenvalue weighted by molar-refractivity contribution is 0.603.